The predicted octanol–water partition coefficient (Wildman–Crippen LogP) is 3.69. The fourth-order valence-electron chi connectivity index (χ4n) is 2.66. The first kappa shape index (κ1) is 22.6. The van der Waals surface area contributed by atoms with E-state index in [1.165, 1.54) is 18.2 Å². The number of anilines is 1. The molecule has 0 atom stereocenters. The van der Waals surface area contributed by atoms with Gasteiger partial charge in [0.15, 0.2) is 0 Å². The normalized spacial score (nSPS) is 11.6. The van der Waals surface area contributed by atoms with E-state index >= 15 is 0 Å². The molecule has 3 aromatic rings. The number of non-ortho nitro benzene ring substituents is 1. The van der Waals surface area contributed by atoms with Crippen LogP contribution in [0.2, 0.25) is 0 Å². The van der Waals surface area contributed by atoms with Crippen LogP contribution in [-0.4, -0.2) is 25.0 Å². The second-order valence-corrected chi connectivity index (χ2v) is 8.22. The molecule has 0 radical (unpaired) electrons. The maximum atomic E-state index is 13.8. The molecule has 11 heteroatoms. The molecule has 2 N–H and O–H groups in total. The molecule has 164 valence electrons. The van der Waals surface area contributed by atoms with Crippen LogP contribution in [0.25, 0.3) is 0 Å². The van der Waals surface area contributed by atoms with E-state index in [9.17, 15) is 27.7 Å². The van der Waals surface area contributed by atoms with E-state index in [0.29, 0.717) is 11.3 Å². The highest BCUT2D eigenvalue weighted by atomic mass is 32.2. The van der Waals surface area contributed by atoms with Gasteiger partial charge in [-0.2, -0.15) is 18.4 Å². The van der Waals surface area contributed by atoms with Crippen LogP contribution in [-0.2, 0) is 10.0 Å². The Morgan fingerprint density at radius 3 is 2.38 bits per heavy atom. The number of nitro benzene ring substituents is 1. The van der Waals surface area contributed by atoms with Crippen molar-refractivity contribution in [2.75, 3.05) is 5.32 Å². The minimum absolute atomic E-state index is 0.112. The van der Waals surface area contributed by atoms with Gasteiger partial charge in [-0.25, -0.2) is 4.39 Å². The summed E-state index contributed by atoms with van der Waals surface area (Å²) in [5.74, 6) is -1.28. The van der Waals surface area contributed by atoms with Gasteiger partial charge in [-0.1, -0.05) is 24.3 Å². The summed E-state index contributed by atoms with van der Waals surface area (Å²) in [7, 11) is -4.05. The van der Waals surface area contributed by atoms with Gasteiger partial charge in [-0.05, 0) is 48.9 Å². The topological polar surface area (TPSA) is 131 Å². The van der Waals surface area contributed by atoms with Crippen molar-refractivity contribution in [2.24, 2.45) is 5.10 Å². The smallest absolute Gasteiger partial charge is 0.276 e. The highest BCUT2D eigenvalue weighted by Crippen LogP contribution is 2.17. The number of nitrogens with one attached hydrogen (secondary N) is 2. The Kier molecular flexibility index (Phi) is 6.59. The second-order valence-electron chi connectivity index (χ2n) is 6.56. The molecule has 0 saturated carbocycles. The molecule has 3 aromatic carbocycles. The molecule has 3 rings (SSSR count). The Hall–Kier alpha value is -4.12. The van der Waals surface area contributed by atoms with Gasteiger partial charge in [0.2, 0.25) is 0 Å². The number of rotatable bonds is 7. The third-order valence-electron chi connectivity index (χ3n) is 4.35. The van der Waals surface area contributed by atoms with Crippen molar-refractivity contribution in [3.63, 3.8) is 0 Å². The van der Waals surface area contributed by atoms with Gasteiger partial charge < -0.3 is 5.32 Å². The number of nitro groups is 1. The minimum atomic E-state index is -4.05. The number of halogens is 1. The van der Waals surface area contributed by atoms with E-state index in [-0.39, 0.29) is 21.9 Å². The number of benzene rings is 3. The number of hydrazone groups is 1. The zero-order valence-corrected chi connectivity index (χ0v) is 17.5. The van der Waals surface area contributed by atoms with Crippen LogP contribution in [0.3, 0.4) is 0 Å². The largest absolute Gasteiger partial charge is 0.322 e. The standard InChI is InChI=1S/C21H17FN4O5S/c1-14(24-25-32(30,31)18-11-9-17(10-12-18)26(28)29)15-5-4-6-16(13-15)23-21(27)19-7-2-3-8-20(19)22/h2-13,25H,1H3,(H,23,27)/b24-14-. The number of nitrogens with zero attached hydrogens (tertiary/aromatic N) is 2. The molecule has 0 fully saturated rings. The van der Waals surface area contributed by atoms with Crippen molar-refractivity contribution < 1.29 is 22.5 Å². The van der Waals surface area contributed by atoms with E-state index < -0.39 is 26.7 Å². The third kappa shape index (κ3) is 5.32. The summed E-state index contributed by atoms with van der Waals surface area (Å²) in [4.78, 5) is 24.2. The fraction of sp³-hybridized carbons (Fsp3) is 0.0476. The molecule has 0 spiro atoms. The van der Waals surface area contributed by atoms with Crippen LogP contribution in [0.5, 0.6) is 0 Å². The highest BCUT2D eigenvalue weighted by molar-refractivity contribution is 7.89. The summed E-state index contributed by atoms with van der Waals surface area (Å²) in [6.07, 6.45) is 0. The summed E-state index contributed by atoms with van der Waals surface area (Å²) in [5.41, 5.74) is 0.806. The van der Waals surface area contributed by atoms with Gasteiger partial charge in [-0.3, -0.25) is 14.9 Å². The van der Waals surface area contributed by atoms with Crippen LogP contribution in [0.4, 0.5) is 15.8 Å². The molecular weight excluding hydrogens is 439 g/mol. The van der Waals surface area contributed by atoms with E-state index in [1.807, 2.05) is 0 Å². The van der Waals surface area contributed by atoms with E-state index in [2.05, 4.69) is 15.2 Å². The van der Waals surface area contributed by atoms with Crippen LogP contribution in [0.15, 0.2) is 82.8 Å². The lowest BCUT2D eigenvalue weighted by atomic mass is 10.1. The zero-order chi connectivity index (χ0) is 23.3. The van der Waals surface area contributed by atoms with Gasteiger partial charge in [0, 0.05) is 17.8 Å². The Labute approximate surface area is 182 Å². The third-order valence-corrected chi connectivity index (χ3v) is 5.57. The first-order valence-electron chi connectivity index (χ1n) is 9.14. The molecule has 0 aliphatic heterocycles. The van der Waals surface area contributed by atoms with Crippen molar-refractivity contribution in [3.05, 3.63) is 99.9 Å². The Bertz CT molecular complexity index is 1310. The summed E-state index contributed by atoms with van der Waals surface area (Å²) in [6.45, 7) is 1.55. The molecule has 1 amide bonds. The molecule has 0 aliphatic rings. The maximum absolute atomic E-state index is 13.8. The quantitative estimate of drug-likeness (QED) is 0.318. The number of amides is 1. The first-order chi connectivity index (χ1) is 15.2. The molecule has 32 heavy (non-hydrogen) atoms. The second kappa shape index (κ2) is 9.35. The van der Waals surface area contributed by atoms with Gasteiger partial charge in [0.25, 0.3) is 21.6 Å². The Balaban J connectivity index is 1.74. The molecule has 0 heterocycles. The Morgan fingerprint density at radius 1 is 1.03 bits per heavy atom. The van der Waals surface area contributed by atoms with Gasteiger partial charge >= 0.3 is 0 Å². The van der Waals surface area contributed by atoms with Crippen molar-refractivity contribution >= 4 is 33.0 Å². The maximum Gasteiger partial charge on any atom is 0.276 e. The molecule has 9 nitrogen and oxygen atoms in total. The average molecular weight is 456 g/mol. The van der Waals surface area contributed by atoms with Gasteiger partial charge in [-0.15, -0.1) is 0 Å². The number of sulfonamides is 1. The molecule has 0 unspecified atom stereocenters. The van der Waals surface area contributed by atoms with Crippen LogP contribution in [0, 0.1) is 15.9 Å². The number of carbonyl (C=O) groups excluding carboxylic acids is 1. The number of hydrogen-bond acceptors (Lipinski definition) is 6. The number of hydrogen-bond donors (Lipinski definition) is 2. The first-order valence-corrected chi connectivity index (χ1v) is 10.6. The summed E-state index contributed by atoms with van der Waals surface area (Å²) < 4.78 is 38.5. The van der Waals surface area contributed by atoms with Crippen molar-refractivity contribution in [3.8, 4) is 0 Å². The lowest BCUT2D eigenvalue weighted by Crippen LogP contribution is -2.20. The predicted molar refractivity (Wildman–Crippen MR) is 116 cm³/mol. The average Bonchev–Trinajstić information content (AvgIpc) is 2.78. The van der Waals surface area contributed by atoms with Gasteiger partial charge in [0.1, 0.15) is 5.82 Å². The molecule has 0 aromatic heterocycles. The van der Waals surface area contributed by atoms with Crippen molar-refractivity contribution in [2.45, 2.75) is 11.8 Å². The van der Waals surface area contributed by atoms with E-state index in [0.717, 1.165) is 24.3 Å². The van der Waals surface area contributed by atoms with Crippen LogP contribution < -0.4 is 10.1 Å². The summed E-state index contributed by atoms with van der Waals surface area (Å²) in [6, 6.07) is 16.3. The van der Waals surface area contributed by atoms with Crippen LogP contribution in [0.1, 0.15) is 22.8 Å². The van der Waals surface area contributed by atoms with E-state index in [1.54, 1.807) is 37.3 Å². The zero-order valence-electron chi connectivity index (χ0n) is 16.7. The molecule has 0 saturated heterocycles. The highest BCUT2D eigenvalue weighted by Gasteiger charge is 2.16. The van der Waals surface area contributed by atoms with Crippen molar-refractivity contribution in [1.29, 1.82) is 0 Å². The fourth-order valence-corrected chi connectivity index (χ4v) is 3.52. The van der Waals surface area contributed by atoms with Crippen molar-refractivity contribution in [1.82, 2.24) is 4.83 Å². The lowest BCUT2D eigenvalue weighted by Gasteiger charge is -2.09. The lowest BCUT2D eigenvalue weighted by molar-refractivity contribution is -0.384. The number of carbonyl (C=O) groups is 1. The van der Waals surface area contributed by atoms with Gasteiger partial charge in [0.05, 0.1) is 21.1 Å². The summed E-state index contributed by atoms with van der Waals surface area (Å²) >= 11 is 0. The molecule has 0 bridgehead atoms. The molecular formula is C21H17FN4O5S. The SMILES string of the molecule is C/C(=N/NS(=O)(=O)c1ccc([N+](=O)[O-])cc1)c1cccc(NC(=O)c2ccccc2F)c1. The molecule has 0 aliphatic carbocycles. The van der Waals surface area contributed by atoms with Crippen LogP contribution >= 0.6 is 0 Å². The van der Waals surface area contributed by atoms with E-state index in [4.69, 9.17) is 0 Å². The monoisotopic (exact) mass is 456 g/mol. The summed E-state index contributed by atoms with van der Waals surface area (Å²) in [5, 5.41) is 17.1. The Morgan fingerprint density at radius 2 is 1.72 bits per heavy atom. The minimum Gasteiger partial charge on any atom is -0.322 e.